The average molecular weight is 303 g/mol. The quantitative estimate of drug-likeness (QED) is 0.617. The maximum absolute atomic E-state index is 12.9. The van der Waals surface area contributed by atoms with E-state index in [0.29, 0.717) is 0 Å². The largest absolute Gasteiger partial charge is 0.217 e. The van der Waals surface area contributed by atoms with E-state index in [1.54, 1.807) is 23.5 Å². The molecule has 0 spiro atoms. The zero-order valence-electron chi connectivity index (χ0n) is 12.1. The van der Waals surface area contributed by atoms with Gasteiger partial charge in [0, 0.05) is 12.0 Å². The zero-order chi connectivity index (χ0) is 14.7. The maximum atomic E-state index is 12.9. The summed E-state index contributed by atoms with van der Waals surface area (Å²) >= 11 is 1.64. The number of imidazole rings is 1. The number of aromatic nitrogens is 3. The van der Waals surface area contributed by atoms with Gasteiger partial charge in [0.05, 0.1) is 11.9 Å². The van der Waals surface area contributed by atoms with Crippen molar-refractivity contribution in [1.29, 1.82) is 0 Å². The molecule has 0 atom stereocenters. The lowest BCUT2D eigenvalue weighted by molar-refractivity contribution is 0.628. The molecule has 2 heterocycles. The van der Waals surface area contributed by atoms with Crippen molar-refractivity contribution in [3.63, 3.8) is 0 Å². The summed E-state index contributed by atoms with van der Waals surface area (Å²) in [6.07, 6.45) is 7.93. The lowest BCUT2D eigenvalue weighted by Crippen LogP contribution is -1.87. The van der Waals surface area contributed by atoms with Gasteiger partial charge in [-0.1, -0.05) is 37.5 Å². The van der Waals surface area contributed by atoms with Gasteiger partial charge in [0.1, 0.15) is 10.8 Å². The standard InChI is InChI=1S/C16H18FN3S/c1-2-3-4-5-6-15-19-20-11-14(18-16(20)21-15)12-7-9-13(17)10-8-12/h7-11H,2-6H2,1H3. The van der Waals surface area contributed by atoms with E-state index in [9.17, 15) is 4.39 Å². The number of hydrogen-bond donors (Lipinski definition) is 0. The molecule has 5 heteroatoms. The van der Waals surface area contributed by atoms with Crippen LogP contribution in [-0.4, -0.2) is 14.6 Å². The number of halogens is 1. The van der Waals surface area contributed by atoms with Gasteiger partial charge in [0.25, 0.3) is 0 Å². The molecule has 0 fully saturated rings. The first-order chi connectivity index (χ1) is 10.3. The van der Waals surface area contributed by atoms with Gasteiger partial charge in [-0.25, -0.2) is 13.9 Å². The van der Waals surface area contributed by atoms with E-state index < -0.39 is 0 Å². The van der Waals surface area contributed by atoms with E-state index in [2.05, 4.69) is 17.0 Å². The van der Waals surface area contributed by atoms with E-state index in [1.165, 1.54) is 37.8 Å². The number of aryl methyl sites for hydroxylation is 1. The molecule has 0 radical (unpaired) electrons. The van der Waals surface area contributed by atoms with Gasteiger partial charge in [-0.15, -0.1) is 0 Å². The van der Waals surface area contributed by atoms with Gasteiger partial charge in [-0.3, -0.25) is 0 Å². The van der Waals surface area contributed by atoms with Gasteiger partial charge < -0.3 is 0 Å². The summed E-state index contributed by atoms with van der Waals surface area (Å²) in [7, 11) is 0. The normalized spacial score (nSPS) is 11.3. The molecule has 0 aliphatic rings. The summed E-state index contributed by atoms with van der Waals surface area (Å²) in [6, 6.07) is 6.39. The fourth-order valence-corrected chi connectivity index (χ4v) is 3.22. The highest BCUT2D eigenvalue weighted by atomic mass is 32.1. The van der Waals surface area contributed by atoms with Crippen molar-refractivity contribution >= 4 is 16.3 Å². The van der Waals surface area contributed by atoms with Gasteiger partial charge in [-0.2, -0.15) is 5.10 Å². The van der Waals surface area contributed by atoms with Crippen LogP contribution in [0.3, 0.4) is 0 Å². The second kappa shape index (κ2) is 6.35. The Morgan fingerprint density at radius 3 is 2.67 bits per heavy atom. The summed E-state index contributed by atoms with van der Waals surface area (Å²) in [5, 5.41) is 5.71. The number of hydrogen-bond acceptors (Lipinski definition) is 3. The lowest BCUT2D eigenvalue weighted by atomic mass is 10.2. The molecule has 21 heavy (non-hydrogen) atoms. The molecule has 0 bridgehead atoms. The van der Waals surface area contributed by atoms with Crippen molar-refractivity contribution < 1.29 is 4.39 Å². The first-order valence-corrected chi connectivity index (χ1v) is 8.19. The summed E-state index contributed by atoms with van der Waals surface area (Å²) in [4.78, 5) is 5.48. The fraction of sp³-hybridized carbons (Fsp3) is 0.375. The molecule has 0 saturated heterocycles. The third kappa shape index (κ3) is 3.29. The van der Waals surface area contributed by atoms with Gasteiger partial charge >= 0.3 is 0 Å². The summed E-state index contributed by atoms with van der Waals surface area (Å²) < 4.78 is 14.8. The molecule has 110 valence electrons. The third-order valence-corrected chi connectivity index (χ3v) is 4.45. The van der Waals surface area contributed by atoms with E-state index in [0.717, 1.165) is 27.6 Å². The average Bonchev–Trinajstić information content (AvgIpc) is 3.02. The molecule has 0 aliphatic carbocycles. The Bertz CT molecular complexity index is 683. The predicted octanol–water partition coefficient (Wildman–Crippen LogP) is 4.72. The molecule has 0 saturated carbocycles. The summed E-state index contributed by atoms with van der Waals surface area (Å²) in [6.45, 7) is 2.22. The van der Waals surface area contributed by atoms with Crippen LogP contribution in [-0.2, 0) is 6.42 Å². The van der Waals surface area contributed by atoms with Crippen molar-refractivity contribution in [2.45, 2.75) is 39.0 Å². The van der Waals surface area contributed by atoms with Crippen LogP contribution in [0, 0.1) is 5.82 Å². The minimum atomic E-state index is -0.229. The van der Waals surface area contributed by atoms with E-state index in [1.807, 2.05) is 10.7 Å². The van der Waals surface area contributed by atoms with Crippen molar-refractivity contribution in [2.24, 2.45) is 0 Å². The van der Waals surface area contributed by atoms with Crippen molar-refractivity contribution in [1.82, 2.24) is 14.6 Å². The fourth-order valence-electron chi connectivity index (χ4n) is 2.31. The molecule has 0 N–H and O–H groups in total. The Labute approximate surface area is 127 Å². The topological polar surface area (TPSA) is 30.2 Å². The Hall–Kier alpha value is -1.75. The molecular formula is C16H18FN3S. The molecular weight excluding hydrogens is 285 g/mol. The minimum Gasteiger partial charge on any atom is -0.217 e. The first-order valence-electron chi connectivity index (χ1n) is 7.37. The molecule has 0 aliphatic heterocycles. The molecule has 0 unspecified atom stereocenters. The Balaban J connectivity index is 1.73. The van der Waals surface area contributed by atoms with Crippen LogP contribution in [0.4, 0.5) is 4.39 Å². The summed E-state index contributed by atoms with van der Waals surface area (Å²) in [5.41, 5.74) is 1.75. The Morgan fingerprint density at radius 1 is 1.14 bits per heavy atom. The van der Waals surface area contributed by atoms with Crippen LogP contribution in [0.5, 0.6) is 0 Å². The zero-order valence-corrected chi connectivity index (χ0v) is 12.9. The number of nitrogens with zero attached hydrogens (tertiary/aromatic N) is 3. The van der Waals surface area contributed by atoms with Crippen molar-refractivity contribution in [3.05, 3.63) is 41.3 Å². The van der Waals surface area contributed by atoms with Crippen LogP contribution >= 0.6 is 11.3 Å². The molecule has 3 aromatic rings. The smallest absolute Gasteiger partial charge is 0.212 e. The van der Waals surface area contributed by atoms with Gasteiger partial charge in [0.2, 0.25) is 4.96 Å². The monoisotopic (exact) mass is 303 g/mol. The molecule has 3 nitrogen and oxygen atoms in total. The number of benzene rings is 1. The first kappa shape index (κ1) is 14.2. The second-order valence-electron chi connectivity index (χ2n) is 5.17. The lowest BCUT2D eigenvalue weighted by Gasteiger charge is -1.96. The molecule has 2 aromatic heterocycles. The number of unbranched alkanes of at least 4 members (excludes halogenated alkanes) is 3. The van der Waals surface area contributed by atoms with E-state index >= 15 is 0 Å². The highest BCUT2D eigenvalue weighted by Gasteiger charge is 2.09. The predicted molar refractivity (Wildman–Crippen MR) is 84.1 cm³/mol. The van der Waals surface area contributed by atoms with Crippen LogP contribution in [0.1, 0.15) is 37.6 Å². The Kier molecular flexibility index (Phi) is 4.29. The number of fused-ring (bicyclic) bond motifs is 1. The second-order valence-corrected chi connectivity index (χ2v) is 6.21. The Morgan fingerprint density at radius 2 is 1.95 bits per heavy atom. The number of rotatable bonds is 6. The maximum Gasteiger partial charge on any atom is 0.212 e. The highest BCUT2D eigenvalue weighted by Crippen LogP contribution is 2.23. The van der Waals surface area contributed by atoms with E-state index in [4.69, 9.17) is 0 Å². The SMILES string of the molecule is CCCCCCc1nn2cc(-c3ccc(F)cc3)nc2s1. The molecule has 1 aromatic carbocycles. The summed E-state index contributed by atoms with van der Waals surface area (Å²) in [5.74, 6) is -0.229. The minimum absolute atomic E-state index is 0.229. The van der Waals surface area contributed by atoms with E-state index in [-0.39, 0.29) is 5.82 Å². The molecule has 0 amide bonds. The van der Waals surface area contributed by atoms with Gasteiger partial charge in [-0.05, 0) is 30.7 Å². The van der Waals surface area contributed by atoms with Gasteiger partial charge in [0.15, 0.2) is 0 Å². The van der Waals surface area contributed by atoms with Crippen molar-refractivity contribution in [3.8, 4) is 11.3 Å². The van der Waals surface area contributed by atoms with Crippen LogP contribution in [0.25, 0.3) is 16.2 Å². The third-order valence-electron chi connectivity index (χ3n) is 3.47. The highest BCUT2D eigenvalue weighted by molar-refractivity contribution is 7.16. The molecule has 3 rings (SSSR count). The van der Waals surface area contributed by atoms with Crippen LogP contribution < -0.4 is 0 Å². The van der Waals surface area contributed by atoms with Crippen LogP contribution in [0.15, 0.2) is 30.5 Å². The van der Waals surface area contributed by atoms with Crippen molar-refractivity contribution in [2.75, 3.05) is 0 Å². The van der Waals surface area contributed by atoms with Crippen LogP contribution in [0.2, 0.25) is 0 Å².